The highest BCUT2D eigenvalue weighted by Gasteiger charge is 2.35. The van der Waals surface area contributed by atoms with Gasteiger partial charge in [-0.05, 0) is 12.1 Å². The molecule has 6 heteroatoms. The maximum Gasteiger partial charge on any atom is 0.420 e. The molecular weight excluding hydrogens is 236 g/mol. The third-order valence-electron chi connectivity index (χ3n) is 2.14. The molecule has 0 aliphatic rings. The number of alkyl halides is 3. The monoisotopic (exact) mass is 242 g/mol. The number of halogens is 4. The minimum atomic E-state index is -4.75. The first kappa shape index (κ1) is 11.5. The molecule has 0 saturated heterocycles. The number of pyridine rings is 2. The zero-order valence-electron chi connectivity index (χ0n) is 8.37. The van der Waals surface area contributed by atoms with Gasteiger partial charge in [-0.1, -0.05) is 6.07 Å². The van der Waals surface area contributed by atoms with Gasteiger partial charge in [0.2, 0.25) is 5.95 Å². The van der Waals surface area contributed by atoms with Crippen LogP contribution in [0.1, 0.15) is 5.56 Å². The van der Waals surface area contributed by atoms with Crippen molar-refractivity contribution >= 4 is 0 Å². The quantitative estimate of drug-likeness (QED) is 0.566. The van der Waals surface area contributed by atoms with E-state index < -0.39 is 17.7 Å². The molecule has 0 aromatic carbocycles. The SMILES string of the molecule is Fc1ncc(-c2cccnc2)cc1C(F)(F)F. The zero-order chi connectivity index (χ0) is 12.5. The number of hydrogen-bond donors (Lipinski definition) is 0. The fourth-order valence-electron chi connectivity index (χ4n) is 1.34. The Morgan fingerprint density at radius 3 is 2.41 bits per heavy atom. The van der Waals surface area contributed by atoms with Crippen LogP contribution in [0.5, 0.6) is 0 Å². The summed E-state index contributed by atoms with van der Waals surface area (Å²) in [6, 6.07) is 3.87. The van der Waals surface area contributed by atoms with Gasteiger partial charge >= 0.3 is 6.18 Å². The average Bonchev–Trinajstić information content (AvgIpc) is 2.29. The van der Waals surface area contributed by atoms with Gasteiger partial charge in [0.05, 0.1) is 0 Å². The molecule has 0 aliphatic carbocycles. The molecule has 2 rings (SSSR count). The largest absolute Gasteiger partial charge is 0.420 e. The molecule has 2 aromatic heterocycles. The Bertz CT molecular complexity index is 523. The first-order valence-electron chi connectivity index (χ1n) is 4.61. The summed E-state index contributed by atoms with van der Waals surface area (Å²) in [5.41, 5.74) is -0.754. The fraction of sp³-hybridized carbons (Fsp3) is 0.0909. The van der Waals surface area contributed by atoms with E-state index in [0.29, 0.717) is 5.56 Å². The van der Waals surface area contributed by atoms with Crippen LogP contribution in [0, 0.1) is 5.95 Å². The number of hydrogen-bond acceptors (Lipinski definition) is 2. The van der Waals surface area contributed by atoms with E-state index in [1.807, 2.05) is 0 Å². The van der Waals surface area contributed by atoms with Crippen LogP contribution in [0.4, 0.5) is 17.6 Å². The van der Waals surface area contributed by atoms with Gasteiger partial charge in [0, 0.05) is 29.7 Å². The standard InChI is InChI=1S/C11H6F4N2/c12-10-9(11(13,14)15)4-8(6-17-10)7-2-1-3-16-5-7/h1-6H. The first-order chi connectivity index (χ1) is 7.98. The summed E-state index contributed by atoms with van der Waals surface area (Å²) in [7, 11) is 0. The van der Waals surface area contributed by atoms with E-state index in [9.17, 15) is 17.6 Å². The Balaban J connectivity index is 2.53. The molecule has 2 heterocycles. The third kappa shape index (κ3) is 2.41. The van der Waals surface area contributed by atoms with Crippen LogP contribution in [0.25, 0.3) is 11.1 Å². The second-order valence-electron chi connectivity index (χ2n) is 3.30. The average molecular weight is 242 g/mol. The lowest BCUT2D eigenvalue weighted by atomic mass is 10.1. The molecule has 0 radical (unpaired) electrons. The van der Waals surface area contributed by atoms with Crippen molar-refractivity contribution in [3.8, 4) is 11.1 Å². The van der Waals surface area contributed by atoms with Crippen LogP contribution >= 0.6 is 0 Å². The van der Waals surface area contributed by atoms with Crippen molar-refractivity contribution in [1.29, 1.82) is 0 Å². The summed E-state index contributed by atoms with van der Waals surface area (Å²) in [5.74, 6) is -1.52. The van der Waals surface area contributed by atoms with E-state index in [0.717, 1.165) is 12.3 Å². The van der Waals surface area contributed by atoms with E-state index in [2.05, 4.69) is 9.97 Å². The van der Waals surface area contributed by atoms with Crippen molar-refractivity contribution in [2.45, 2.75) is 6.18 Å². The molecule has 0 fully saturated rings. The van der Waals surface area contributed by atoms with E-state index in [-0.39, 0.29) is 5.56 Å². The molecule has 0 aliphatic heterocycles. The Morgan fingerprint density at radius 1 is 1.06 bits per heavy atom. The van der Waals surface area contributed by atoms with Crippen molar-refractivity contribution in [1.82, 2.24) is 9.97 Å². The van der Waals surface area contributed by atoms with Crippen molar-refractivity contribution in [3.63, 3.8) is 0 Å². The maximum atomic E-state index is 12.9. The Labute approximate surface area is 94.0 Å². The summed E-state index contributed by atoms with van der Waals surface area (Å²) < 4.78 is 50.3. The van der Waals surface area contributed by atoms with Gasteiger partial charge < -0.3 is 0 Å². The fourth-order valence-corrected chi connectivity index (χ4v) is 1.34. The maximum absolute atomic E-state index is 12.9. The Hall–Kier alpha value is -1.98. The molecule has 0 amide bonds. The van der Waals surface area contributed by atoms with Gasteiger partial charge in [-0.2, -0.15) is 17.6 Å². The van der Waals surface area contributed by atoms with Crippen LogP contribution in [0.2, 0.25) is 0 Å². The van der Waals surface area contributed by atoms with E-state index in [4.69, 9.17) is 0 Å². The molecule has 2 nitrogen and oxygen atoms in total. The normalized spacial score (nSPS) is 11.5. The lowest BCUT2D eigenvalue weighted by molar-refractivity contribution is -0.140. The predicted octanol–water partition coefficient (Wildman–Crippen LogP) is 3.30. The minimum Gasteiger partial charge on any atom is -0.264 e. The highest BCUT2D eigenvalue weighted by Crippen LogP contribution is 2.32. The Kier molecular flexibility index (Phi) is 2.79. The van der Waals surface area contributed by atoms with Gasteiger partial charge in [-0.25, -0.2) is 4.98 Å². The van der Waals surface area contributed by atoms with E-state index in [1.54, 1.807) is 12.1 Å². The van der Waals surface area contributed by atoms with Gasteiger partial charge in [0.1, 0.15) is 5.56 Å². The van der Waals surface area contributed by atoms with Gasteiger partial charge in [0.15, 0.2) is 0 Å². The van der Waals surface area contributed by atoms with E-state index >= 15 is 0 Å². The van der Waals surface area contributed by atoms with Crippen molar-refractivity contribution in [2.24, 2.45) is 0 Å². The van der Waals surface area contributed by atoms with Crippen molar-refractivity contribution < 1.29 is 17.6 Å². The first-order valence-corrected chi connectivity index (χ1v) is 4.61. The lowest BCUT2D eigenvalue weighted by Crippen LogP contribution is -2.09. The number of nitrogens with zero attached hydrogens (tertiary/aromatic N) is 2. The zero-order valence-corrected chi connectivity index (χ0v) is 8.37. The molecule has 0 N–H and O–H groups in total. The van der Waals surface area contributed by atoms with Crippen LogP contribution in [-0.4, -0.2) is 9.97 Å². The van der Waals surface area contributed by atoms with Gasteiger partial charge in [-0.3, -0.25) is 4.98 Å². The molecule has 0 bridgehead atoms. The van der Waals surface area contributed by atoms with Crippen molar-refractivity contribution in [2.75, 3.05) is 0 Å². The molecule has 0 atom stereocenters. The van der Waals surface area contributed by atoms with Crippen LogP contribution < -0.4 is 0 Å². The number of aromatic nitrogens is 2. The molecule has 0 unspecified atom stereocenters. The van der Waals surface area contributed by atoms with Gasteiger partial charge in [0.25, 0.3) is 0 Å². The molecule has 2 aromatic rings. The third-order valence-corrected chi connectivity index (χ3v) is 2.14. The van der Waals surface area contributed by atoms with Crippen LogP contribution in [0.15, 0.2) is 36.8 Å². The predicted molar refractivity (Wildman–Crippen MR) is 52.4 cm³/mol. The highest BCUT2D eigenvalue weighted by atomic mass is 19.4. The van der Waals surface area contributed by atoms with Crippen LogP contribution in [-0.2, 0) is 6.18 Å². The summed E-state index contributed by atoms with van der Waals surface area (Å²) in [6.07, 6.45) is -0.836. The molecule has 0 saturated carbocycles. The van der Waals surface area contributed by atoms with Gasteiger partial charge in [-0.15, -0.1) is 0 Å². The molecular formula is C11H6F4N2. The smallest absolute Gasteiger partial charge is 0.264 e. The summed E-state index contributed by atoms with van der Waals surface area (Å²) in [5, 5.41) is 0. The van der Waals surface area contributed by atoms with E-state index in [1.165, 1.54) is 12.4 Å². The topological polar surface area (TPSA) is 25.8 Å². The molecule has 88 valence electrons. The summed E-state index contributed by atoms with van der Waals surface area (Å²) >= 11 is 0. The minimum absolute atomic E-state index is 0.173. The second kappa shape index (κ2) is 4.12. The molecule has 17 heavy (non-hydrogen) atoms. The number of rotatable bonds is 1. The Morgan fingerprint density at radius 2 is 1.82 bits per heavy atom. The summed E-state index contributed by atoms with van der Waals surface area (Å²) in [4.78, 5) is 6.88. The van der Waals surface area contributed by atoms with Crippen LogP contribution in [0.3, 0.4) is 0 Å². The highest BCUT2D eigenvalue weighted by molar-refractivity contribution is 5.62. The lowest BCUT2D eigenvalue weighted by Gasteiger charge is -2.09. The second-order valence-corrected chi connectivity index (χ2v) is 3.30. The molecule has 0 spiro atoms. The van der Waals surface area contributed by atoms with Crippen molar-refractivity contribution in [3.05, 3.63) is 48.3 Å². The summed E-state index contributed by atoms with van der Waals surface area (Å²) in [6.45, 7) is 0.